The maximum Gasteiger partial charge on any atom is 0.272 e. The van der Waals surface area contributed by atoms with Crippen LogP contribution < -0.4 is 11.3 Å². The van der Waals surface area contributed by atoms with E-state index in [2.05, 4.69) is 20.4 Å². The number of nitrogens with one attached hydrogen (secondary N) is 2. The number of nitrogens with two attached hydrogens (primary N) is 1. The van der Waals surface area contributed by atoms with Crippen molar-refractivity contribution in [1.29, 1.82) is 0 Å². The molecule has 6 nitrogen and oxygen atoms in total. The van der Waals surface area contributed by atoms with Gasteiger partial charge in [0.05, 0.1) is 6.20 Å². The number of fused-ring (bicyclic) bond motifs is 1. The van der Waals surface area contributed by atoms with Gasteiger partial charge in [0, 0.05) is 17.0 Å². The summed E-state index contributed by atoms with van der Waals surface area (Å²) < 4.78 is 0. The van der Waals surface area contributed by atoms with Crippen LogP contribution in [0.15, 0.2) is 47.5 Å². The summed E-state index contributed by atoms with van der Waals surface area (Å²) in [6.45, 7) is 0. The molecule has 2 heterocycles. The lowest BCUT2D eigenvalue weighted by Crippen LogP contribution is -2.06. The molecule has 0 aliphatic heterocycles. The average Bonchev–Trinajstić information content (AvgIpc) is 2.82. The Kier molecular flexibility index (Phi) is 3.15. The second kappa shape index (κ2) is 4.93. The molecule has 4 N–H and O–H groups in total. The van der Waals surface area contributed by atoms with Gasteiger partial charge in [0.25, 0.3) is 5.56 Å². The maximum absolute atomic E-state index is 11.1. The summed E-state index contributed by atoms with van der Waals surface area (Å²) in [5, 5.41) is 13.7. The number of benzene rings is 1. The largest absolute Gasteiger partial charge is 0.382 e. The van der Waals surface area contributed by atoms with E-state index in [0.29, 0.717) is 11.2 Å². The summed E-state index contributed by atoms with van der Waals surface area (Å²) >= 11 is 0. The van der Waals surface area contributed by atoms with Crippen LogP contribution in [0.1, 0.15) is 0 Å². The molecule has 0 bridgehead atoms. The molecular weight excluding hydrogens is 218 g/mol. The summed E-state index contributed by atoms with van der Waals surface area (Å²) in [7, 11) is 0. The summed E-state index contributed by atoms with van der Waals surface area (Å²) in [6, 6.07) is 9.04. The van der Waals surface area contributed by atoms with Crippen LogP contribution in [0.5, 0.6) is 0 Å². The van der Waals surface area contributed by atoms with E-state index in [4.69, 9.17) is 5.73 Å². The van der Waals surface area contributed by atoms with Crippen LogP contribution in [0.3, 0.4) is 0 Å². The van der Waals surface area contributed by atoms with Gasteiger partial charge < -0.3 is 5.73 Å². The molecule has 6 heteroatoms. The van der Waals surface area contributed by atoms with E-state index in [-0.39, 0.29) is 5.56 Å². The fourth-order valence-electron chi connectivity index (χ4n) is 1.31. The number of anilines is 1. The van der Waals surface area contributed by atoms with Crippen molar-refractivity contribution in [1.82, 2.24) is 20.4 Å². The number of nitrogen functional groups attached to an aromatic ring is 1. The Hall–Kier alpha value is -2.63. The molecule has 0 amide bonds. The van der Waals surface area contributed by atoms with Gasteiger partial charge in [-0.05, 0) is 12.1 Å². The molecule has 17 heavy (non-hydrogen) atoms. The van der Waals surface area contributed by atoms with E-state index < -0.39 is 0 Å². The van der Waals surface area contributed by atoms with E-state index in [1.165, 1.54) is 0 Å². The number of aromatic amines is 2. The SMILES string of the molecule is Nc1cc[nH]n1.O=c1[nH]ncc2ccccc12. The molecule has 0 aliphatic carbocycles. The fourth-order valence-corrected chi connectivity index (χ4v) is 1.31. The summed E-state index contributed by atoms with van der Waals surface area (Å²) in [5.74, 6) is 0.537. The highest BCUT2D eigenvalue weighted by molar-refractivity contribution is 5.80. The first-order chi connectivity index (χ1) is 8.27. The minimum Gasteiger partial charge on any atom is -0.382 e. The first kappa shape index (κ1) is 10.9. The second-order valence-electron chi connectivity index (χ2n) is 3.29. The van der Waals surface area contributed by atoms with Crippen LogP contribution >= 0.6 is 0 Å². The Morgan fingerprint density at radius 3 is 2.59 bits per heavy atom. The van der Waals surface area contributed by atoms with E-state index in [9.17, 15) is 4.79 Å². The van der Waals surface area contributed by atoms with Crippen LogP contribution in [-0.4, -0.2) is 20.4 Å². The lowest BCUT2D eigenvalue weighted by molar-refractivity contribution is 1.01. The molecule has 0 unspecified atom stereocenters. The molecule has 0 radical (unpaired) electrons. The van der Waals surface area contributed by atoms with Gasteiger partial charge in [0.1, 0.15) is 5.82 Å². The second-order valence-corrected chi connectivity index (χ2v) is 3.29. The molecule has 0 spiro atoms. The first-order valence-electron chi connectivity index (χ1n) is 4.95. The Morgan fingerprint density at radius 1 is 1.18 bits per heavy atom. The van der Waals surface area contributed by atoms with Crippen LogP contribution in [0, 0.1) is 0 Å². The lowest BCUT2D eigenvalue weighted by atomic mass is 10.2. The normalized spacial score (nSPS) is 9.65. The van der Waals surface area contributed by atoms with Crippen molar-refractivity contribution in [3.05, 3.63) is 53.1 Å². The minimum absolute atomic E-state index is 0.136. The summed E-state index contributed by atoms with van der Waals surface area (Å²) in [5.41, 5.74) is 5.00. The molecule has 1 aromatic carbocycles. The van der Waals surface area contributed by atoms with E-state index >= 15 is 0 Å². The number of hydrogen-bond donors (Lipinski definition) is 3. The molecular formula is C11H11N5O. The van der Waals surface area contributed by atoms with Crippen LogP contribution in [0.4, 0.5) is 5.82 Å². The molecule has 3 aromatic rings. The zero-order valence-corrected chi connectivity index (χ0v) is 8.92. The predicted octanol–water partition coefficient (Wildman–Crippen LogP) is 0.915. The van der Waals surface area contributed by atoms with Gasteiger partial charge in [0.15, 0.2) is 0 Å². The van der Waals surface area contributed by atoms with Gasteiger partial charge in [-0.3, -0.25) is 9.89 Å². The van der Waals surface area contributed by atoms with E-state index in [0.717, 1.165) is 5.39 Å². The first-order valence-corrected chi connectivity index (χ1v) is 4.95. The van der Waals surface area contributed by atoms with Gasteiger partial charge in [-0.15, -0.1) is 0 Å². The van der Waals surface area contributed by atoms with Crippen LogP contribution in [0.25, 0.3) is 10.8 Å². The molecule has 2 aromatic heterocycles. The summed E-state index contributed by atoms with van der Waals surface area (Å²) in [4.78, 5) is 11.1. The van der Waals surface area contributed by atoms with Crippen molar-refractivity contribution >= 4 is 16.6 Å². The third kappa shape index (κ3) is 2.69. The Morgan fingerprint density at radius 2 is 2.00 bits per heavy atom. The standard InChI is InChI=1S/C8H6N2O.C3H5N3/c11-8-7-4-2-1-3-6(7)5-9-10-8;4-3-1-2-5-6-3/h1-5H,(H,10,11);1-2H,(H3,4,5,6). The predicted molar refractivity (Wildman–Crippen MR) is 65.4 cm³/mol. The maximum atomic E-state index is 11.1. The van der Waals surface area contributed by atoms with Gasteiger partial charge >= 0.3 is 0 Å². The third-order valence-electron chi connectivity index (χ3n) is 2.10. The van der Waals surface area contributed by atoms with E-state index in [1.807, 2.05) is 18.2 Å². The Bertz CT molecular complexity index is 639. The summed E-state index contributed by atoms with van der Waals surface area (Å²) in [6.07, 6.45) is 3.31. The minimum atomic E-state index is -0.136. The smallest absolute Gasteiger partial charge is 0.272 e. The number of rotatable bonds is 0. The molecule has 0 saturated carbocycles. The highest BCUT2D eigenvalue weighted by atomic mass is 16.1. The monoisotopic (exact) mass is 229 g/mol. The molecule has 0 aliphatic rings. The van der Waals surface area contributed by atoms with Gasteiger partial charge in [0.2, 0.25) is 0 Å². The van der Waals surface area contributed by atoms with Gasteiger partial charge in [-0.2, -0.15) is 10.2 Å². The van der Waals surface area contributed by atoms with Crippen LogP contribution in [0.2, 0.25) is 0 Å². The highest BCUT2D eigenvalue weighted by Gasteiger charge is 1.93. The number of nitrogens with zero attached hydrogens (tertiary/aromatic N) is 2. The zero-order valence-electron chi connectivity index (χ0n) is 8.92. The zero-order chi connectivity index (χ0) is 12.1. The number of hydrogen-bond acceptors (Lipinski definition) is 4. The van der Waals surface area contributed by atoms with Crippen molar-refractivity contribution in [2.24, 2.45) is 0 Å². The van der Waals surface area contributed by atoms with E-state index in [1.54, 1.807) is 24.5 Å². The lowest BCUT2D eigenvalue weighted by Gasteiger charge is -1.91. The van der Waals surface area contributed by atoms with Crippen molar-refractivity contribution in [2.45, 2.75) is 0 Å². The Labute approximate surface area is 96.5 Å². The molecule has 0 saturated heterocycles. The Balaban J connectivity index is 0.000000153. The van der Waals surface area contributed by atoms with Crippen LogP contribution in [-0.2, 0) is 0 Å². The van der Waals surface area contributed by atoms with Crippen molar-refractivity contribution in [3.63, 3.8) is 0 Å². The quantitative estimate of drug-likeness (QED) is 0.533. The molecule has 3 rings (SSSR count). The van der Waals surface area contributed by atoms with Crippen molar-refractivity contribution in [3.8, 4) is 0 Å². The molecule has 0 atom stereocenters. The van der Waals surface area contributed by atoms with Crippen molar-refractivity contribution in [2.75, 3.05) is 5.73 Å². The van der Waals surface area contributed by atoms with Gasteiger partial charge in [-0.25, -0.2) is 5.10 Å². The average molecular weight is 229 g/mol. The number of H-pyrrole nitrogens is 2. The fraction of sp³-hybridized carbons (Fsp3) is 0. The third-order valence-corrected chi connectivity index (χ3v) is 2.10. The molecule has 86 valence electrons. The molecule has 0 fully saturated rings. The highest BCUT2D eigenvalue weighted by Crippen LogP contribution is 2.04. The number of aromatic nitrogens is 4. The van der Waals surface area contributed by atoms with Crippen molar-refractivity contribution < 1.29 is 0 Å². The topological polar surface area (TPSA) is 100 Å². The van der Waals surface area contributed by atoms with Gasteiger partial charge in [-0.1, -0.05) is 18.2 Å².